The van der Waals surface area contributed by atoms with Crippen LogP contribution in [0.5, 0.6) is 0 Å². The number of aliphatic hydroxyl groups is 1. The molecule has 1 amide bonds. The molecule has 240 valence electrons. The van der Waals surface area contributed by atoms with E-state index in [1.165, 1.54) is 11.3 Å². The number of nitrogens with one attached hydrogen (secondary N) is 2. The van der Waals surface area contributed by atoms with E-state index >= 15 is 0 Å². The fourth-order valence-electron chi connectivity index (χ4n) is 5.66. The third-order valence-electron chi connectivity index (χ3n) is 8.05. The SMILES string of the molecule is CN(C)c1cccc2c(S(=O)(=O)Nc3cccc(-c4csc(NC(=O)CCCCCN5CCN(CCO)CC5)n4)c3)cccc12. The molecule has 45 heavy (non-hydrogen) atoms. The fraction of sp³-hybridized carbons (Fsp3) is 0.394. The molecular formula is C33H42N6O4S2. The number of rotatable bonds is 14. The summed E-state index contributed by atoms with van der Waals surface area (Å²) in [5, 5.41) is 15.9. The number of fused-ring (bicyclic) bond motifs is 1. The van der Waals surface area contributed by atoms with Crippen molar-refractivity contribution in [1.82, 2.24) is 14.8 Å². The number of unbranched alkanes of at least 4 members (excludes halogenated alkanes) is 2. The molecule has 0 unspecified atom stereocenters. The van der Waals surface area contributed by atoms with Crippen LogP contribution < -0.4 is 14.9 Å². The number of thiazole rings is 1. The molecule has 1 aliphatic rings. The van der Waals surface area contributed by atoms with Gasteiger partial charge in [0, 0.05) is 86.3 Å². The Morgan fingerprint density at radius 1 is 0.933 bits per heavy atom. The van der Waals surface area contributed by atoms with Gasteiger partial charge in [-0.15, -0.1) is 11.3 Å². The van der Waals surface area contributed by atoms with E-state index in [-0.39, 0.29) is 17.4 Å². The van der Waals surface area contributed by atoms with Gasteiger partial charge >= 0.3 is 0 Å². The van der Waals surface area contributed by atoms with Crippen LogP contribution in [0.1, 0.15) is 25.7 Å². The van der Waals surface area contributed by atoms with Crippen molar-refractivity contribution in [1.29, 1.82) is 0 Å². The van der Waals surface area contributed by atoms with Crippen molar-refractivity contribution in [3.05, 3.63) is 66.0 Å². The van der Waals surface area contributed by atoms with Crippen molar-refractivity contribution < 1.29 is 18.3 Å². The van der Waals surface area contributed by atoms with Gasteiger partial charge in [0.1, 0.15) is 0 Å². The molecule has 0 saturated carbocycles. The number of hydrogen-bond donors (Lipinski definition) is 3. The maximum Gasteiger partial charge on any atom is 0.262 e. The van der Waals surface area contributed by atoms with Crippen LogP contribution in [-0.2, 0) is 14.8 Å². The lowest BCUT2D eigenvalue weighted by atomic mass is 10.1. The number of piperazine rings is 1. The number of anilines is 3. The van der Waals surface area contributed by atoms with E-state index in [1.54, 1.807) is 30.3 Å². The zero-order chi connectivity index (χ0) is 31.8. The largest absolute Gasteiger partial charge is 0.395 e. The van der Waals surface area contributed by atoms with Gasteiger partial charge in [-0.2, -0.15) is 0 Å². The number of hydrogen-bond acceptors (Lipinski definition) is 9. The summed E-state index contributed by atoms with van der Waals surface area (Å²) in [5.74, 6) is -0.0532. The van der Waals surface area contributed by atoms with Crippen LogP contribution in [0.2, 0.25) is 0 Å². The average Bonchev–Trinajstić information content (AvgIpc) is 3.49. The Labute approximate surface area is 269 Å². The first kappa shape index (κ1) is 32.8. The maximum atomic E-state index is 13.5. The number of nitrogens with zero attached hydrogens (tertiary/aromatic N) is 4. The Hall–Kier alpha value is -3.55. The normalized spacial score (nSPS) is 14.5. The van der Waals surface area contributed by atoms with Crippen molar-refractivity contribution in [2.24, 2.45) is 0 Å². The number of benzene rings is 3. The molecule has 1 fully saturated rings. The van der Waals surface area contributed by atoms with Gasteiger partial charge in [0.25, 0.3) is 10.0 Å². The number of carbonyl (C=O) groups excluding carboxylic acids is 1. The van der Waals surface area contributed by atoms with Crippen LogP contribution in [0.25, 0.3) is 22.0 Å². The standard InChI is InChI=1S/C33H42N6O4S2/c1-37(2)30-13-7-12-28-27(30)11-8-14-31(28)45(42,43)36-26-10-6-9-25(23-26)29-24-44-33(34-29)35-32(41)15-4-3-5-16-38-17-19-39(20-18-38)21-22-40/h6-14,23-24,36,40H,3-5,15-22H2,1-2H3,(H,34,35,41). The molecule has 1 aromatic heterocycles. The molecule has 3 aromatic carbocycles. The highest BCUT2D eigenvalue weighted by atomic mass is 32.2. The smallest absolute Gasteiger partial charge is 0.262 e. The Morgan fingerprint density at radius 2 is 1.64 bits per heavy atom. The first-order valence-corrected chi connectivity index (χ1v) is 17.7. The van der Waals surface area contributed by atoms with Crippen molar-refractivity contribution in [2.75, 3.05) is 74.9 Å². The molecule has 2 heterocycles. The molecule has 3 N–H and O–H groups in total. The maximum absolute atomic E-state index is 13.5. The quantitative estimate of drug-likeness (QED) is 0.164. The average molecular weight is 651 g/mol. The molecule has 10 nitrogen and oxygen atoms in total. The molecule has 0 atom stereocenters. The molecule has 0 spiro atoms. The zero-order valence-corrected chi connectivity index (χ0v) is 27.5. The first-order valence-electron chi connectivity index (χ1n) is 15.4. The first-order chi connectivity index (χ1) is 21.7. The van der Waals surface area contributed by atoms with E-state index in [2.05, 4.69) is 24.8 Å². The van der Waals surface area contributed by atoms with Gasteiger partial charge in [0.2, 0.25) is 5.91 Å². The third-order valence-corrected chi connectivity index (χ3v) is 10.2. The second-order valence-corrected chi connectivity index (χ2v) is 14.0. The number of aromatic nitrogens is 1. The monoisotopic (exact) mass is 650 g/mol. The minimum atomic E-state index is -3.87. The van der Waals surface area contributed by atoms with E-state index in [0.29, 0.717) is 28.3 Å². The fourth-order valence-corrected chi connectivity index (χ4v) is 7.67. The van der Waals surface area contributed by atoms with Gasteiger partial charge in [-0.05, 0) is 43.7 Å². The van der Waals surface area contributed by atoms with E-state index < -0.39 is 10.0 Å². The molecule has 1 aliphatic heterocycles. The summed E-state index contributed by atoms with van der Waals surface area (Å²) in [5.41, 5.74) is 2.78. The molecule has 4 aromatic rings. The Morgan fingerprint density at radius 3 is 2.40 bits per heavy atom. The van der Waals surface area contributed by atoms with Gasteiger partial charge in [-0.25, -0.2) is 13.4 Å². The lowest BCUT2D eigenvalue weighted by Gasteiger charge is -2.34. The highest BCUT2D eigenvalue weighted by molar-refractivity contribution is 7.93. The number of sulfonamides is 1. The van der Waals surface area contributed by atoms with E-state index in [1.807, 2.05) is 54.7 Å². The predicted octanol–water partition coefficient (Wildman–Crippen LogP) is 4.94. The van der Waals surface area contributed by atoms with E-state index in [0.717, 1.165) is 75.2 Å². The van der Waals surface area contributed by atoms with Gasteiger partial charge in [-0.3, -0.25) is 14.4 Å². The topological polar surface area (TPSA) is 118 Å². The highest BCUT2D eigenvalue weighted by Gasteiger charge is 2.20. The van der Waals surface area contributed by atoms with Crippen molar-refractivity contribution >= 4 is 54.5 Å². The number of carbonyl (C=O) groups is 1. The van der Waals surface area contributed by atoms with E-state index in [9.17, 15) is 13.2 Å². The minimum absolute atomic E-state index is 0.0532. The highest BCUT2D eigenvalue weighted by Crippen LogP contribution is 2.32. The molecule has 0 aliphatic carbocycles. The summed E-state index contributed by atoms with van der Waals surface area (Å²) in [7, 11) is -0.00625. The van der Waals surface area contributed by atoms with E-state index in [4.69, 9.17) is 5.11 Å². The van der Waals surface area contributed by atoms with Gasteiger partial charge in [0.15, 0.2) is 5.13 Å². The summed E-state index contributed by atoms with van der Waals surface area (Å²) >= 11 is 1.35. The van der Waals surface area contributed by atoms with Crippen molar-refractivity contribution in [3.8, 4) is 11.3 Å². The lowest BCUT2D eigenvalue weighted by Crippen LogP contribution is -2.47. The number of amides is 1. The summed E-state index contributed by atoms with van der Waals surface area (Å²) in [4.78, 5) is 24.1. The van der Waals surface area contributed by atoms with Gasteiger partial charge in [-0.1, -0.05) is 42.8 Å². The lowest BCUT2D eigenvalue weighted by molar-refractivity contribution is -0.116. The molecule has 0 bridgehead atoms. The van der Waals surface area contributed by atoms with Gasteiger partial charge in [0.05, 0.1) is 17.2 Å². The van der Waals surface area contributed by atoms with Crippen molar-refractivity contribution in [2.45, 2.75) is 30.6 Å². The van der Waals surface area contributed by atoms with Crippen molar-refractivity contribution in [3.63, 3.8) is 0 Å². The second-order valence-electron chi connectivity index (χ2n) is 11.5. The molecular weight excluding hydrogens is 609 g/mol. The third kappa shape index (κ3) is 8.59. The molecule has 0 radical (unpaired) electrons. The predicted molar refractivity (Wildman–Crippen MR) is 184 cm³/mol. The Kier molecular flexibility index (Phi) is 11.1. The summed E-state index contributed by atoms with van der Waals surface area (Å²) in [6.07, 6.45) is 3.32. The summed E-state index contributed by atoms with van der Waals surface area (Å²) in [6.45, 7) is 6.07. The molecule has 5 rings (SSSR count). The van der Waals surface area contributed by atoms with Crippen LogP contribution in [0.4, 0.5) is 16.5 Å². The Balaban J connectivity index is 1.13. The summed E-state index contributed by atoms with van der Waals surface area (Å²) < 4.78 is 29.8. The van der Waals surface area contributed by atoms with Crippen LogP contribution in [0.15, 0.2) is 70.9 Å². The van der Waals surface area contributed by atoms with Crippen LogP contribution in [0, 0.1) is 0 Å². The van der Waals surface area contributed by atoms with Crippen LogP contribution in [-0.4, -0.2) is 94.2 Å². The minimum Gasteiger partial charge on any atom is -0.395 e. The zero-order valence-electron chi connectivity index (χ0n) is 25.9. The molecule has 12 heteroatoms. The van der Waals surface area contributed by atoms with Crippen LogP contribution >= 0.6 is 11.3 Å². The molecule has 1 saturated heterocycles. The summed E-state index contributed by atoms with van der Waals surface area (Å²) in [6, 6.07) is 18.1. The Bertz CT molecular complexity index is 1700. The van der Waals surface area contributed by atoms with Gasteiger partial charge < -0.3 is 20.2 Å². The second kappa shape index (κ2) is 15.2. The number of aliphatic hydroxyl groups excluding tert-OH is 1. The van der Waals surface area contributed by atoms with Crippen LogP contribution in [0.3, 0.4) is 0 Å². The number of β-amino-alcohol motifs (C(OH)–C–C–N with tert-alkyl or cyclic N) is 1.